The quantitative estimate of drug-likeness (QED) is 0.696. The maximum Gasteiger partial charge on any atom is 0.124 e. The van der Waals surface area contributed by atoms with Gasteiger partial charge in [0.2, 0.25) is 0 Å². The zero-order chi connectivity index (χ0) is 13.4. The highest BCUT2D eigenvalue weighted by Gasteiger charge is 2.16. The summed E-state index contributed by atoms with van der Waals surface area (Å²) in [5.41, 5.74) is 0.433. The molecule has 0 aliphatic rings. The van der Waals surface area contributed by atoms with E-state index in [1.54, 1.807) is 6.08 Å². The van der Waals surface area contributed by atoms with Crippen LogP contribution in [0, 0.1) is 0 Å². The van der Waals surface area contributed by atoms with Crippen LogP contribution in [0.15, 0.2) is 36.9 Å². The number of para-hydroxylation sites is 1. The molecule has 18 heavy (non-hydrogen) atoms. The van der Waals surface area contributed by atoms with E-state index in [9.17, 15) is 5.11 Å². The maximum absolute atomic E-state index is 9.90. The van der Waals surface area contributed by atoms with E-state index < -0.39 is 5.60 Å². The van der Waals surface area contributed by atoms with Gasteiger partial charge in [0.1, 0.15) is 12.4 Å². The lowest BCUT2D eigenvalue weighted by molar-refractivity contribution is 0.0555. The van der Waals surface area contributed by atoms with E-state index in [0.29, 0.717) is 19.7 Å². The molecule has 100 valence electrons. The average Bonchev–Trinajstić information content (AvgIpc) is 2.37. The van der Waals surface area contributed by atoms with Crippen LogP contribution in [0.4, 0.5) is 0 Å². The highest BCUT2D eigenvalue weighted by atomic mass is 16.5. The maximum atomic E-state index is 9.90. The highest BCUT2D eigenvalue weighted by Crippen LogP contribution is 2.18. The van der Waals surface area contributed by atoms with Crippen LogP contribution in [-0.2, 0) is 6.54 Å². The molecule has 0 saturated carbocycles. The normalized spacial score (nSPS) is 13.9. The second-order valence-electron chi connectivity index (χ2n) is 4.66. The summed E-state index contributed by atoms with van der Waals surface area (Å²) in [6.07, 6.45) is 2.46. The largest absolute Gasteiger partial charge is 0.489 e. The lowest BCUT2D eigenvalue weighted by Gasteiger charge is -2.22. The van der Waals surface area contributed by atoms with Crippen molar-refractivity contribution >= 4 is 0 Å². The fraction of sp³-hybridized carbons (Fsp3) is 0.467. The van der Waals surface area contributed by atoms with Gasteiger partial charge in [-0.2, -0.15) is 0 Å². The van der Waals surface area contributed by atoms with Gasteiger partial charge in [-0.3, -0.25) is 0 Å². The Labute approximate surface area is 109 Å². The fourth-order valence-corrected chi connectivity index (χ4v) is 1.53. The van der Waals surface area contributed by atoms with Crippen molar-refractivity contribution < 1.29 is 9.84 Å². The van der Waals surface area contributed by atoms with Crippen molar-refractivity contribution in [2.75, 3.05) is 13.2 Å². The van der Waals surface area contributed by atoms with Gasteiger partial charge in [-0.15, -0.1) is 0 Å². The lowest BCUT2D eigenvalue weighted by Crippen LogP contribution is -2.36. The van der Waals surface area contributed by atoms with Gasteiger partial charge in [0.15, 0.2) is 0 Å². The topological polar surface area (TPSA) is 41.5 Å². The first-order valence-corrected chi connectivity index (χ1v) is 6.34. The van der Waals surface area contributed by atoms with Gasteiger partial charge < -0.3 is 15.2 Å². The Morgan fingerprint density at radius 1 is 1.44 bits per heavy atom. The summed E-state index contributed by atoms with van der Waals surface area (Å²) in [5, 5.41) is 13.2. The Bertz CT molecular complexity index is 375. The molecule has 0 saturated heterocycles. The third-order valence-electron chi connectivity index (χ3n) is 2.91. The van der Waals surface area contributed by atoms with Crippen molar-refractivity contribution in [1.29, 1.82) is 0 Å². The van der Waals surface area contributed by atoms with Crippen LogP contribution in [0.1, 0.15) is 25.8 Å². The molecule has 3 nitrogen and oxygen atoms in total. The molecule has 0 spiro atoms. The van der Waals surface area contributed by atoms with Gasteiger partial charge >= 0.3 is 0 Å². The van der Waals surface area contributed by atoms with Crippen molar-refractivity contribution in [2.45, 2.75) is 32.4 Å². The lowest BCUT2D eigenvalue weighted by atomic mass is 10.0. The van der Waals surface area contributed by atoms with Crippen molar-refractivity contribution in [3.63, 3.8) is 0 Å². The van der Waals surface area contributed by atoms with Crippen LogP contribution in [0.3, 0.4) is 0 Å². The molecule has 2 N–H and O–H groups in total. The van der Waals surface area contributed by atoms with E-state index in [0.717, 1.165) is 17.7 Å². The zero-order valence-electron chi connectivity index (χ0n) is 11.3. The first-order chi connectivity index (χ1) is 8.59. The van der Waals surface area contributed by atoms with Crippen LogP contribution >= 0.6 is 0 Å². The monoisotopic (exact) mass is 249 g/mol. The summed E-state index contributed by atoms with van der Waals surface area (Å²) < 4.78 is 5.57. The Balaban J connectivity index is 2.53. The van der Waals surface area contributed by atoms with Crippen molar-refractivity contribution in [1.82, 2.24) is 5.32 Å². The molecule has 1 aromatic rings. The number of aliphatic hydroxyl groups is 1. The van der Waals surface area contributed by atoms with Crippen molar-refractivity contribution in [2.24, 2.45) is 0 Å². The molecular weight excluding hydrogens is 226 g/mol. The van der Waals surface area contributed by atoms with Crippen molar-refractivity contribution in [3.8, 4) is 5.75 Å². The predicted molar refractivity (Wildman–Crippen MR) is 74.8 cm³/mol. The molecule has 1 aromatic carbocycles. The summed E-state index contributed by atoms with van der Waals surface area (Å²) in [7, 11) is 0. The van der Waals surface area contributed by atoms with E-state index in [4.69, 9.17) is 4.74 Å². The van der Waals surface area contributed by atoms with E-state index >= 15 is 0 Å². The van der Waals surface area contributed by atoms with Gasteiger partial charge in [0.25, 0.3) is 0 Å². The summed E-state index contributed by atoms with van der Waals surface area (Å²) in [6, 6.07) is 7.89. The Morgan fingerprint density at radius 3 is 2.83 bits per heavy atom. The molecule has 0 amide bonds. The van der Waals surface area contributed by atoms with Gasteiger partial charge in [-0.05, 0) is 19.4 Å². The van der Waals surface area contributed by atoms with Crippen molar-refractivity contribution in [3.05, 3.63) is 42.5 Å². The summed E-state index contributed by atoms with van der Waals surface area (Å²) in [5.74, 6) is 0.862. The molecule has 0 aliphatic heterocycles. The van der Waals surface area contributed by atoms with Gasteiger partial charge in [0.05, 0.1) is 5.60 Å². The molecule has 0 aliphatic carbocycles. The molecule has 0 radical (unpaired) electrons. The van der Waals surface area contributed by atoms with E-state index in [2.05, 4.69) is 11.9 Å². The number of nitrogens with one attached hydrogen (secondary N) is 1. The molecule has 0 fully saturated rings. The number of hydrogen-bond acceptors (Lipinski definition) is 3. The van der Waals surface area contributed by atoms with E-state index in [1.165, 1.54) is 0 Å². The molecule has 1 rings (SSSR count). The molecular formula is C15H23NO2. The van der Waals surface area contributed by atoms with Crippen LogP contribution in [0.5, 0.6) is 5.75 Å². The standard InChI is InChI=1S/C15H23NO2/c1-4-10-18-14-9-7-6-8-13(14)11-16-12-15(3,17)5-2/h4,6-9,16-17H,1,5,10-12H2,2-3H3. The first kappa shape index (κ1) is 14.7. The smallest absolute Gasteiger partial charge is 0.124 e. The minimum atomic E-state index is -0.656. The number of benzene rings is 1. The second-order valence-corrected chi connectivity index (χ2v) is 4.66. The SMILES string of the molecule is C=CCOc1ccccc1CNCC(C)(O)CC. The molecule has 0 bridgehead atoms. The third-order valence-corrected chi connectivity index (χ3v) is 2.91. The number of rotatable bonds is 8. The van der Waals surface area contributed by atoms with Crippen LogP contribution in [0.2, 0.25) is 0 Å². The number of hydrogen-bond donors (Lipinski definition) is 2. The minimum absolute atomic E-state index is 0.504. The Morgan fingerprint density at radius 2 is 2.17 bits per heavy atom. The average molecular weight is 249 g/mol. The van der Waals surface area contributed by atoms with Gasteiger partial charge in [-0.1, -0.05) is 37.8 Å². The van der Waals surface area contributed by atoms with Crippen LogP contribution in [-0.4, -0.2) is 23.9 Å². The fourth-order valence-electron chi connectivity index (χ4n) is 1.53. The number of ether oxygens (including phenoxy) is 1. The summed E-state index contributed by atoms with van der Waals surface area (Å²) in [4.78, 5) is 0. The summed E-state index contributed by atoms with van der Waals surface area (Å²) in [6.45, 7) is 9.20. The second kappa shape index (κ2) is 7.19. The highest BCUT2D eigenvalue weighted by molar-refractivity contribution is 5.33. The Hall–Kier alpha value is -1.32. The zero-order valence-corrected chi connectivity index (χ0v) is 11.3. The molecule has 1 unspecified atom stereocenters. The molecule has 0 heterocycles. The summed E-state index contributed by atoms with van der Waals surface area (Å²) >= 11 is 0. The van der Waals surface area contributed by atoms with Crippen LogP contribution in [0.25, 0.3) is 0 Å². The van der Waals surface area contributed by atoms with Crippen LogP contribution < -0.4 is 10.1 Å². The third kappa shape index (κ3) is 4.90. The molecule has 0 aromatic heterocycles. The predicted octanol–water partition coefficient (Wildman–Crippen LogP) is 2.50. The molecule has 1 atom stereocenters. The van der Waals surface area contributed by atoms with Gasteiger partial charge in [-0.25, -0.2) is 0 Å². The Kier molecular flexibility index (Phi) is 5.89. The van der Waals surface area contributed by atoms with E-state index in [-0.39, 0.29) is 0 Å². The first-order valence-electron chi connectivity index (χ1n) is 6.34. The molecule has 3 heteroatoms. The van der Waals surface area contributed by atoms with E-state index in [1.807, 2.05) is 38.1 Å². The minimum Gasteiger partial charge on any atom is -0.489 e. The van der Waals surface area contributed by atoms with Gasteiger partial charge in [0, 0.05) is 18.7 Å².